The molecule has 0 spiro atoms. The minimum Gasteiger partial charge on any atom is -0.354 e. The number of carbonyl (C=O) groups is 6. The molecule has 18 rings (SSSR count). The Morgan fingerprint density at radius 3 is 0.522 bits per heavy atom. The average Bonchev–Trinajstić information content (AvgIpc) is 1.61. The van der Waals surface area contributed by atoms with Gasteiger partial charge in [-0.1, -0.05) is 234 Å². The van der Waals surface area contributed by atoms with Crippen molar-refractivity contribution in [2.45, 2.75) is 125 Å². The molecule has 0 unspecified atom stereocenters. The normalized spacial score (nSPS) is 12.4. The van der Waals surface area contributed by atoms with Gasteiger partial charge in [0.05, 0.1) is 67.7 Å². The van der Waals surface area contributed by atoms with E-state index in [2.05, 4.69) is 61.8 Å². The average molecular weight is 1920 g/mol. The number of para-hydroxylation sites is 6. The number of H-pyrrole nitrogens is 6. The Labute approximate surface area is 822 Å². The molecule has 0 saturated heterocycles. The topological polar surface area (TPSA) is 347 Å². The number of nitrogens with zero attached hydrogens (tertiary/aromatic N) is 6. The molecule has 26 heteroatoms. The molecule has 16 bridgehead atoms. The summed E-state index contributed by atoms with van der Waals surface area (Å²) in [5.41, 5.74) is 21.3. The van der Waals surface area contributed by atoms with Crippen LogP contribution in [0.1, 0.15) is 170 Å². The maximum Gasteiger partial charge on any atom is 2.00 e. The third-order valence-corrected chi connectivity index (χ3v) is 23.7. The summed E-state index contributed by atoms with van der Waals surface area (Å²) in [5.74, 6) is 0.426. The molecule has 14 aromatic rings. The van der Waals surface area contributed by atoms with Gasteiger partial charge in [-0.15, -0.1) is 0 Å². The minimum atomic E-state index is -0.669. The predicted octanol–water partition coefficient (Wildman–Crippen LogP) is 26.0. The van der Waals surface area contributed by atoms with Crippen molar-refractivity contribution in [2.24, 2.45) is 32.5 Å². The number of nitrogens with one attached hydrogen (secondary N) is 12. The monoisotopic (exact) mass is 1910 g/mol. The standard InChI is InChI=1S/2C56H55N9O3.2Fe/c2*1-54(2,3)51(66)63-35-19-13-10-16-32(35)46-38-22-24-40(59-38)47(33-17-11-14-20-36(33)64-52(67)55(4,5)6)42-26-28-44(61-42)49(50-57-30-31-58-50)45-29-27-43(62-45)48(41-25-23-39(46)60-41)34-18-12-15-21-37(34)65-53(68)56(7,8)9;;/h2*10-31,59,62H,1-9H3,(H,57,58)(H,63,66)(H,64,67)(H,65,68);;/q;;2*+2. The van der Waals surface area contributed by atoms with E-state index in [0.29, 0.717) is 91.3 Å². The molecule has 4 aliphatic rings. The Hall–Kier alpha value is -15.2. The summed E-state index contributed by atoms with van der Waals surface area (Å²) < 4.78 is 0. The van der Waals surface area contributed by atoms with Crippen molar-refractivity contribution in [1.29, 1.82) is 0 Å². The van der Waals surface area contributed by atoms with Crippen LogP contribution in [0.3, 0.4) is 0 Å². The molecule has 8 aromatic heterocycles. The summed E-state index contributed by atoms with van der Waals surface area (Å²) in [7, 11) is 0. The van der Waals surface area contributed by atoms with Crippen molar-refractivity contribution in [3.05, 3.63) is 264 Å². The molecule has 6 aromatic carbocycles. The molecule has 24 nitrogen and oxygen atoms in total. The third-order valence-electron chi connectivity index (χ3n) is 23.7. The molecular formula is C112H110Fe2N18O6+4. The van der Waals surface area contributed by atoms with Gasteiger partial charge in [0.1, 0.15) is 11.6 Å². The van der Waals surface area contributed by atoms with Crippen molar-refractivity contribution in [2.75, 3.05) is 31.9 Å². The van der Waals surface area contributed by atoms with Crippen LogP contribution in [0.4, 0.5) is 34.1 Å². The first-order valence-electron chi connectivity index (χ1n) is 45.5. The molecule has 0 aliphatic carbocycles. The molecule has 4 aliphatic heterocycles. The second kappa shape index (κ2) is 38.5. The van der Waals surface area contributed by atoms with Crippen molar-refractivity contribution in [1.82, 2.24) is 59.8 Å². The van der Waals surface area contributed by atoms with E-state index < -0.39 is 32.5 Å². The summed E-state index contributed by atoms with van der Waals surface area (Å²) in [6.45, 7) is 33.9. The van der Waals surface area contributed by atoms with E-state index in [1.807, 2.05) is 367 Å². The van der Waals surface area contributed by atoms with E-state index in [1.165, 1.54) is 0 Å². The van der Waals surface area contributed by atoms with Crippen molar-refractivity contribution >= 4 is 162 Å². The van der Waals surface area contributed by atoms with Gasteiger partial charge < -0.3 is 61.8 Å². The molecule has 12 N–H and O–H groups in total. The van der Waals surface area contributed by atoms with Gasteiger partial charge in [0.15, 0.2) is 0 Å². The fourth-order valence-electron chi connectivity index (χ4n) is 16.1. The molecule has 0 fully saturated rings. The van der Waals surface area contributed by atoms with Crippen LogP contribution in [-0.4, -0.2) is 95.3 Å². The summed E-state index contributed by atoms with van der Waals surface area (Å²) in [6.07, 6.45) is 22.8. The quantitative estimate of drug-likeness (QED) is 0.0452. The van der Waals surface area contributed by atoms with E-state index >= 15 is 0 Å². The number of amides is 6. The molecule has 0 saturated carbocycles. The molecule has 696 valence electrons. The van der Waals surface area contributed by atoms with E-state index in [4.69, 9.17) is 29.9 Å². The SMILES string of the molecule is CC(C)(C)C(=O)Nc1ccccc1-c1c2nc(c(-c3ccccc3NC(=O)C(C)(C)C)c3ccc([nH]3)c(-c3ccccc3NC(=O)C(C)(C)C)c3nc(c(-c4ncc[nH]4)c4ccc1[nH]4)C=C3)C=C2.CC(C)(C)C(=O)Nc1ccccc1-c1c2nc(c(-c3ccccc3NC(=O)C(C)(C)C)c3ccc([nH]3)c(-c3ccccc3NC(=O)C(C)(C)C)c3nc(c(-c4ncc[nH]4)c4ccc1[nH]4)C=C3)C=C2.[Fe+2].[Fe+2]. The van der Waals surface area contributed by atoms with Crippen LogP contribution in [0.2, 0.25) is 0 Å². The fourth-order valence-corrected chi connectivity index (χ4v) is 16.1. The van der Waals surface area contributed by atoms with Gasteiger partial charge in [-0.3, -0.25) is 28.8 Å². The second-order valence-corrected chi connectivity index (χ2v) is 40.4. The molecule has 12 heterocycles. The van der Waals surface area contributed by atoms with Crippen LogP contribution in [0.25, 0.3) is 182 Å². The fraction of sp³-hybridized carbons (Fsp3) is 0.214. The molecule has 6 amide bonds. The number of benzene rings is 6. The van der Waals surface area contributed by atoms with Crippen molar-refractivity contribution < 1.29 is 62.9 Å². The molecule has 0 radical (unpaired) electrons. The maximum absolute atomic E-state index is 13.7. The van der Waals surface area contributed by atoms with Crippen LogP contribution in [0.15, 0.2) is 219 Å². The van der Waals surface area contributed by atoms with Crippen LogP contribution < -0.4 is 31.9 Å². The Morgan fingerprint density at radius 2 is 0.370 bits per heavy atom. The van der Waals surface area contributed by atoms with Gasteiger partial charge in [-0.05, 0) is 134 Å². The van der Waals surface area contributed by atoms with Gasteiger partial charge >= 0.3 is 34.1 Å². The molecule has 138 heavy (non-hydrogen) atoms. The van der Waals surface area contributed by atoms with Crippen LogP contribution >= 0.6 is 0 Å². The minimum absolute atomic E-state index is 0. The van der Waals surface area contributed by atoms with Gasteiger partial charge in [0.25, 0.3) is 0 Å². The summed E-state index contributed by atoms with van der Waals surface area (Å²) >= 11 is 0. The maximum atomic E-state index is 13.7. The number of hydrogen-bond donors (Lipinski definition) is 12. The predicted molar refractivity (Wildman–Crippen MR) is 554 cm³/mol. The van der Waals surface area contributed by atoms with Gasteiger partial charge in [0.2, 0.25) is 35.4 Å². The van der Waals surface area contributed by atoms with Gasteiger partial charge in [-0.25, -0.2) is 29.9 Å². The number of aromatic amines is 6. The first-order valence-corrected chi connectivity index (χ1v) is 45.5. The number of imidazole rings is 2. The first-order chi connectivity index (χ1) is 64.7. The van der Waals surface area contributed by atoms with E-state index in [9.17, 15) is 28.8 Å². The van der Waals surface area contributed by atoms with E-state index in [1.54, 1.807) is 24.8 Å². The Bertz CT molecular complexity index is 7100. The number of fused-ring (bicyclic) bond motifs is 16. The zero-order valence-electron chi connectivity index (χ0n) is 80.2. The third kappa shape index (κ3) is 20.2. The van der Waals surface area contributed by atoms with E-state index in [-0.39, 0.29) is 69.6 Å². The summed E-state index contributed by atoms with van der Waals surface area (Å²) in [6, 6.07) is 62.5. The van der Waals surface area contributed by atoms with Crippen molar-refractivity contribution in [3.8, 4) is 89.5 Å². The van der Waals surface area contributed by atoms with Crippen LogP contribution in [-0.2, 0) is 62.9 Å². The number of carbonyl (C=O) groups excluding carboxylic acids is 6. The van der Waals surface area contributed by atoms with Crippen LogP contribution in [0.5, 0.6) is 0 Å². The van der Waals surface area contributed by atoms with Gasteiger partial charge in [0, 0.05) is 191 Å². The number of hydrogen-bond acceptors (Lipinski definition) is 12. The Morgan fingerprint density at radius 1 is 0.217 bits per heavy atom. The van der Waals surface area contributed by atoms with Crippen LogP contribution in [0, 0.1) is 32.5 Å². The smallest absolute Gasteiger partial charge is 0.354 e. The Kier molecular flexibility index (Phi) is 27.2. The largest absolute Gasteiger partial charge is 2.00 e. The zero-order valence-corrected chi connectivity index (χ0v) is 82.5. The molecule has 0 atom stereocenters. The number of rotatable bonds is 14. The van der Waals surface area contributed by atoms with E-state index in [0.717, 1.165) is 122 Å². The summed E-state index contributed by atoms with van der Waals surface area (Å²) in [5, 5.41) is 19.2. The number of aromatic nitrogens is 12. The molecular weight excluding hydrogens is 1810 g/mol. The van der Waals surface area contributed by atoms with Crippen molar-refractivity contribution in [3.63, 3.8) is 0 Å². The second-order valence-electron chi connectivity index (χ2n) is 40.4. The zero-order chi connectivity index (χ0) is 96.2. The Balaban J connectivity index is 0.000000206. The summed E-state index contributed by atoms with van der Waals surface area (Å²) in [4.78, 5) is 135. The first kappa shape index (κ1) is 97.3. The number of anilines is 6. The van der Waals surface area contributed by atoms with Gasteiger partial charge in [-0.2, -0.15) is 0 Å².